The van der Waals surface area contributed by atoms with Gasteiger partial charge in [0, 0.05) is 16.5 Å². The van der Waals surface area contributed by atoms with E-state index in [2.05, 4.69) is 15.2 Å². The third kappa shape index (κ3) is 2.20. The third-order valence-electron chi connectivity index (χ3n) is 2.22. The number of aromatic amines is 1. The zero-order valence-corrected chi connectivity index (χ0v) is 10.5. The molecule has 0 spiro atoms. The van der Waals surface area contributed by atoms with Crippen LogP contribution in [0.15, 0.2) is 18.2 Å². The fourth-order valence-corrected chi connectivity index (χ4v) is 1.82. The van der Waals surface area contributed by atoms with Gasteiger partial charge in [-0.3, -0.25) is 5.10 Å². The van der Waals surface area contributed by atoms with E-state index < -0.39 is 0 Å². The lowest BCUT2D eigenvalue weighted by atomic mass is 10.2. The molecule has 84 valence electrons. The normalized spacial score (nSPS) is 11.1. The molecule has 3 nitrogen and oxygen atoms in total. The molecule has 1 N–H and O–H groups in total. The first-order valence-corrected chi connectivity index (χ1v) is 5.71. The van der Waals surface area contributed by atoms with Crippen molar-refractivity contribution in [1.29, 1.82) is 0 Å². The number of H-pyrrole nitrogens is 1. The van der Waals surface area contributed by atoms with Gasteiger partial charge in [-0.2, -0.15) is 5.10 Å². The summed E-state index contributed by atoms with van der Waals surface area (Å²) in [5, 5.41) is 8.19. The number of benzene rings is 1. The Kier molecular flexibility index (Phi) is 3.17. The standard InChI is InChI=1S/C11H11Cl2N3/c1-6(2)10-14-11(16-15-10)8-4-3-7(12)5-9(8)13/h3-6H,1-2H3,(H,14,15,16). The Morgan fingerprint density at radius 3 is 2.56 bits per heavy atom. The second-order valence-electron chi connectivity index (χ2n) is 3.82. The van der Waals surface area contributed by atoms with Crippen molar-refractivity contribution in [2.45, 2.75) is 19.8 Å². The summed E-state index contributed by atoms with van der Waals surface area (Å²) in [5.41, 5.74) is 0.786. The first-order valence-electron chi connectivity index (χ1n) is 4.95. The maximum atomic E-state index is 6.07. The monoisotopic (exact) mass is 255 g/mol. The maximum absolute atomic E-state index is 6.07. The summed E-state index contributed by atoms with van der Waals surface area (Å²) < 4.78 is 0. The van der Waals surface area contributed by atoms with Crippen molar-refractivity contribution >= 4 is 23.2 Å². The summed E-state index contributed by atoms with van der Waals surface area (Å²) in [6.45, 7) is 4.10. The smallest absolute Gasteiger partial charge is 0.182 e. The van der Waals surface area contributed by atoms with Gasteiger partial charge in [0.1, 0.15) is 5.82 Å². The highest BCUT2D eigenvalue weighted by atomic mass is 35.5. The van der Waals surface area contributed by atoms with Gasteiger partial charge >= 0.3 is 0 Å². The van der Waals surface area contributed by atoms with Gasteiger partial charge in [-0.15, -0.1) is 0 Å². The Labute approximate surface area is 104 Å². The number of nitrogens with one attached hydrogen (secondary N) is 1. The van der Waals surface area contributed by atoms with Gasteiger partial charge in [0.05, 0.1) is 5.02 Å². The van der Waals surface area contributed by atoms with Crippen LogP contribution in [0.4, 0.5) is 0 Å². The molecule has 0 aliphatic carbocycles. The summed E-state index contributed by atoms with van der Waals surface area (Å²) in [4.78, 5) is 4.38. The topological polar surface area (TPSA) is 41.6 Å². The molecule has 0 bridgehead atoms. The second-order valence-corrected chi connectivity index (χ2v) is 4.67. The van der Waals surface area contributed by atoms with Crippen LogP contribution < -0.4 is 0 Å². The highest BCUT2D eigenvalue weighted by molar-refractivity contribution is 6.36. The van der Waals surface area contributed by atoms with Crippen molar-refractivity contribution in [1.82, 2.24) is 15.2 Å². The molecule has 1 aromatic carbocycles. The fourth-order valence-electron chi connectivity index (χ4n) is 1.32. The van der Waals surface area contributed by atoms with E-state index in [1.807, 2.05) is 19.9 Å². The van der Waals surface area contributed by atoms with Crippen molar-refractivity contribution in [3.8, 4) is 11.4 Å². The van der Waals surface area contributed by atoms with E-state index >= 15 is 0 Å². The highest BCUT2D eigenvalue weighted by Crippen LogP contribution is 2.28. The molecule has 0 saturated heterocycles. The molecule has 0 saturated carbocycles. The van der Waals surface area contributed by atoms with Gasteiger partial charge in [-0.1, -0.05) is 37.0 Å². The minimum atomic E-state index is 0.312. The first-order chi connectivity index (χ1) is 7.58. The van der Waals surface area contributed by atoms with Crippen LogP contribution in [0.2, 0.25) is 10.0 Å². The quantitative estimate of drug-likeness (QED) is 0.885. The summed E-state index contributed by atoms with van der Waals surface area (Å²) in [6, 6.07) is 5.27. The van der Waals surface area contributed by atoms with E-state index in [1.54, 1.807) is 12.1 Å². The third-order valence-corrected chi connectivity index (χ3v) is 2.77. The van der Waals surface area contributed by atoms with E-state index in [0.29, 0.717) is 21.8 Å². The first kappa shape index (κ1) is 11.4. The predicted octanol–water partition coefficient (Wildman–Crippen LogP) is 3.90. The van der Waals surface area contributed by atoms with Gasteiger partial charge in [0.2, 0.25) is 0 Å². The molecular formula is C11H11Cl2N3. The van der Waals surface area contributed by atoms with Crippen LogP contribution in [-0.4, -0.2) is 15.2 Å². The molecule has 0 fully saturated rings. The van der Waals surface area contributed by atoms with Crippen molar-refractivity contribution in [3.05, 3.63) is 34.1 Å². The van der Waals surface area contributed by atoms with Gasteiger partial charge in [0.25, 0.3) is 0 Å². The number of hydrogen-bond donors (Lipinski definition) is 1. The molecule has 0 aliphatic heterocycles. The Morgan fingerprint density at radius 1 is 1.25 bits per heavy atom. The van der Waals surface area contributed by atoms with Crippen LogP contribution in [0.3, 0.4) is 0 Å². The number of rotatable bonds is 2. The van der Waals surface area contributed by atoms with E-state index in [4.69, 9.17) is 23.2 Å². The number of aromatic nitrogens is 3. The van der Waals surface area contributed by atoms with Crippen LogP contribution in [0, 0.1) is 0 Å². The lowest BCUT2D eigenvalue weighted by Crippen LogP contribution is -1.89. The molecule has 0 amide bonds. The molecular weight excluding hydrogens is 245 g/mol. The van der Waals surface area contributed by atoms with Crippen LogP contribution in [0.1, 0.15) is 25.6 Å². The van der Waals surface area contributed by atoms with Gasteiger partial charge in [0.15, 0.2) is 5.82 Å². The zero-order valence-electron chi connectivity index (χ0n) is 8.96. The Morgan fingerprint density at radius 2 is 2.00 bits per heavy atom. The average molecular weight is 256 g/mol. The van der Waals surface area contributed by atoms with E-state index in [1.165, 1.54) is 0 Å². The summed E-state index contributed by atoms with van der Waals surface area (Å²) in [7, 11) is 0. The summed E-state index contributed by atoms with van der Waals surface area (Å²) in [5.74, 6) is 1.76. The second kappa shape index (κ2) is 4.44. The predicted molar refractivity (Wildman–Crippen MR) is 65.9 cm³/mol. The molecule has 0 atom stereocenters. The highest BCUT2D eigenvalue weighted by Gasteiger charge is 2.11. The number of nitrogens with zero attached hydrogens (tertiary/aromatic N) is 2. The average Bonchev–Trinajstić information content (AvgIpc) is 2.66. The SMILES string of the molecule is CC(C)c1nc(-c2ccc(Cl)cc2Cl)n[nH]1. The minimum absolute atomic E-state index is 0.312. The van der Waals surface area contributed by atoms with E-state index in [0.717, 1.165) is 11.4 Å². The fraction of sp³-hybridized carbons (Fsp3) is 0.273. The van der Waals surface area contributed by atoms with Crippen molar-refractivity contribution in [2.24, 2.45) is 0 Å². The number of hydrogen-bond acceptors (Lipinski definition) is 2. The Bertz CT molecular complexity index is 506. The van der Waals surface area contributed by atoms with Crippen molar-refractivity contribution < 1.29 is 0 Å². The van der Waals surface area contributed by atoms with Crippen LogP contribution in [0.5, 0.6) is 0 Å². The lowest BCUT2D eigenvalue weighted by Gasteiger charge is -1.99. The molecule has 1 aromatic heterocycles. The molecule has 0 aliphatic rings. The van der Waals surface area contributed by atoms with E-state index in [9.17, 15) is 0 Å². The minimum Gasteiger partial charge on any atom is -0.262 e. The van der Waals surface area contributed by atoms with Gasteiger partial charge in [-0.05, 0) is 18.2 Å². The van der Waals surface area contributed by atoms with Crippen LogP contribution in [-0.2, 0) is 0 Å². The van der Waals surface area contributed by atoms with Crippen LogP contribution in [0.25, 0.3) is 11.4 Å². The van der Waals surface area contributed by atoms with Crippen molar-refractivity contribution in [2.75, 3.05) is 0 Å². The maximum Gasteiger partial charge on any atom is 0.182 e. The summed E-state index contributed by atoms with van der Waals surface area (Å²) in [6.07, 6.45) is 0. The molecule has 0 radical (unpaired) electrons. The van der Waals surface area contributed by atoms with Gasteiger partial charge < -0.3 is 0 Å². The zero-order chi connectivity index (χ0) is 11.7. The Balaban J connectivity index is 2.42. The molecule has 0 unspecified atom stereocenters. The number of halogens is 2. The molecule has 1 heterocycles. The lowest BCUT2D eigenvalue weighted by molar-refractivity contribution is 0.781. The molecule has 16 heavy (non-hydrogen) atoms. The summed E-state index contributed by atoms with van der Waals surface area (Å²) >= 11 is 11.9. The largest absolute Gasteiger partial charge is 0.262 e. The van der Waals surface area contributed by atoms with Gasteiger partial charge in [-0.25, -0.2) is 4.98 Å². The Hall–Kier alpha value is -1.06. The molecule has 2 rings (SSSR count). The van der Waals surface area contributed by atoms with E-state index in [-0.39, 0.29) is 0 Å². The molecule has 2 aromatic rings. The van der Waals surface area contributed by atoms with Crippen LogP contribution >= 0.6 is 23.2 Å². The molecule has 5 heteroatoms. The van der Waals surface area contributed by atoms with Crippen molar-refractivity contribution in [3.63, 3.8) is 0 Å².